The highest BCUT2D eigenvalue weighted by molar-refractivity contribution is 7.81. The van der Waals surface area contributed by atoms with E-state index < -0.39 is 0 Å². The van der Waals surface area contributed by atoms with Gasteiger partial charge in [0.2, 0.25) is 5.91 Å². The predicted octanol–water partition coefficient (Wildman–Crippen LogP) is 3.42. The third kappa shape index (κ3) is 4.48. The minimum Gasteiger partial charge on any atom is -0.384 e. The molecule has 0 spiro atoms. The molecule has 5 nitrogen and oxygen atoms in total. The van der Waals surface area contributed by atoms with Gasteiger partial charge in [-0.15, -0.1) is 0 Å². The molecule has 1 aromatic heterocycles. The van der Waals surface area contributed by atoms with Crippen LogP contribution >= 0.6 is 12.6 Å². The average molecular weight is 374 g/mol. The number of nitrogen functional groups attached to an aromatic ring is 1. The number of pyridine rings is 1. The number of piperidine rings is 1. The van der Waals surface area contributed by atoms with Crippen LogP contribution in [0.1, 0.15) is 38.2 Å². The van der Waals surface area contributed by atoms with Crippen LogP contribution in [-0.2, 0) is 16.1 Å². The van der Waals surface area contributed by atoms with Crippen LogP contribution in [0.25, 0.3) is 10.9 Å². The smallest absolute Gasteiger partial charge is 0.235 e. The maximum absolute atomic E-state index is 12.3. The summed E-state index contributed by atoms with van der Waals surface area (Å²) in [6.45, 7) is 4.07. The lowest BCUT2D eigenvalue weighted by Gasteiger charge is -2.33. The van der Waals surface area contributed by atoms with Crippen molar-refractivity contribution in [3.8, 4) is 0 Å². The molecule has 2 heterocycles. The minimum absolute atomic E-state index is 0.154. The number of anilines is 1. The highest BCUT2D eigenvalue weighted by Gasteiger charge is 2.26. The molecule has 3 rings (SSSR count). The highest BCUT2D eigenvalue weighted by Crippen LogP contribution is 2.23. The molecule has 0 bridgehead atoms. The van der Waals surface area contributed by atoms with Gasteiger partial charge in [0, 0.05) is 18.5 Å². The first-order chi connectivity index (χ1) is 12.6. The molecule has 2 aromatic rings. The number of fused-ring (bicyclic) bond motifs is 1. The second kappa shape index (κ2) is 8.73. The van der Waals surface area contributed by atoms with Crippen molar-refractivity contribution in [2.75, 3.05) is 18.8 Å². The SMILES string of the molecule is CCCC(S)C(=O)N1CCC(OCc2cc(N)nc3ccccc23)CC1. The van der Waals surface area contributed by atoms with Gasteiger partial charge < -0.3 is 15.4 Å². The molecule has 1 amide bonds. The number of carbonyl (C=O) groups excluding carboxylic acids is 1. The first-order valence-corrected chi connectivity index (χ1v) is 9.82. The van der Waals surface area contributed by atoms with E-state index in [4.69, 9.17) is 10.5 Å². The van der Waals surface area contributed by atoms with Crippen molar-refractivity contribution in [2.24, 2.45) is 0 Å². The first-order valence-electron chi connectivity index (χ1n) is 9.31. The molecule has 1 saturated heterocycles. The van der Waals surface area contributed by atoms with Gasteiger partial charge in [-0.3, -0.25) is 4.79 Å². The molecule has 140 valence electrons. The number of hydrogen-bond acceptors (Lipinski definition) is 5. The number of para-hydroxylation sites is 1. The van der Waals surface area contributed by atoms with Crippen LogP contribution in [0, 0.1) is 0 Å². The molecule has 6 heteroatoms. The number of nitrogens with zero attached hydrogens (tertiary/aromatic N) is 2. The standard InChI is InChI=1S/C20H27N3O2S/c1-2-5-18(26)20(24)23-10-8-15(9-11-23)25-13-14-12-19(21)22-17-7-4-3-6-16(14)17/h3-4,6-7,12,15,18,26H,2,5,8-11,13H2,1H3,(H2,21,22). The number of carbonyl (C=O) groups is 1. The molecule has 1 unspecified atom stereocenters. The largest absolute Gasteiger partial charge is 0.384 e. The zero-order valence-corrected chi connectivity index (χ0v) is 16.1. The van der Waals surface area contributed by atoms with Crippen LogP contribution in [0.2, 0.25) is 0 Å². The van der Waals surface area contributed by atoms with Gasteiger partial charge in [-0.25, -0.2) is 4.98 Å². The molecule has 1 fully saturated rings. The molecule has 0 saturated carbocycles. The van der Waals surface area contributed by atoms with E-state index in [1.807, 2.05) is 35.2 Å². The molecule has 1 atom stereocenters. The summed E-state index contributed by atoms with van der Waals surface area (Å²) in [6.07, 6.45) is 3.68. The summed E-state index contributed by atoms with van der Waals surface area (Å²) in [5, 5.41) is 0.899. The molecule has 0 aliphatic carbocycles. The van der Waals surface area contributed by atoms with Gasteiger partial charge in [-0.1, -0.05) is 31.5 Å². The van der Waals surface area contributed by atoms with Crippen molar-refractivity contribution < 1.29 is 9.53 Å². The predicted molar refractivity (Wildman–Crippen MR) is 108 cm³/mol. The van der Waals surface area contributed by atoms with Crippen molar-refractivity contribution >= 4 is 35.3 Å². The summed E-state index contributed by atoms with van der Waals surface area (Å²) in [6, 6.07) is 9.85. The van der Waals surface area contributed by atoms with E-state index in [9.17, 15) is 4.79 Å². The lowest BCUT2D eigenvalue weighted by molar-refractivity contribution is -0.133. The number of rotatable bonds is 6. The van der Waals surface area contributed by atoms with Crippen LogP contribution in [0.4, 0.5) is 5.82 Å². The zero-order valence-electron chi connectivity index (χ0n) is 15.2. The van der Waals surface area contributed by atoms with E-state index in [0.29, 0.717) is 12.4 Å². The fraction of sp³-hybridized carbons (Fsp3) is 0.500. The van der Waals surface area contributed by atoms with E-state index in [1.54, 1.807) is 0 Å². The quantitative estimate of drug-likeness (QED) is 0.761. The molecular formula is C20H27N3O2S. The van der Waals surface area contributed by atoms with Crippen molar-refractivity contribution in [2.45, 2.75) is 50.6 Å². The highest BCUT2D eigenvalue weighted by atomic mass is 32.1. The Bertz CT molecular complexity index is 760. The van der Waals surface area contributed by atoms with Crippen LogP contribution < -0.4 is 5.73 Å². The van der Waals surface area contributed by atoms with Crippen LogP contribution in [0.3, 0.4) is 0 Å². The van der Waals surface area contributed by atoms with Crippen molar-refractivity contribution in [1.82, 2.24) is 9.88 Å². The van der Waals surface area contributed by atoms with E-state index >= 15 is 0 Å². The zero-order chi connectivity index (χ0) is 18.5. The summed E-state index contributed by atoms with van der Waals surface area (Å²) in [5.74, 6) is 0.667. The van der Waals surface area contributed by atoms with E-state index in [0.717, 1.165) is 55.2 Å². The minimum atomic E-state index is -0.177. The second-order valence-electron chi connectivity index (χ2n) is 6.86. The lowest BCUT2D eigenvalue weighted by Crippen LogP contribution is -2.44. The van der Waals surface area contributed by atoms with Gasteiger partial charge in [-0.2, -0.15) is 12.6 Å². The summed E-state index contributed by atoms with van der Waals surface area (Å²) in [7, 11) is 0. The summed E-state index contributed by atoms with van der Waals surface area (Å²) in [4.78, 5) is 18.6. The molecule has 1 aliphatic heterocycles. The third-order valence-corrected chi connectivity index (χ3v) is 5.38. The Morgan fingerprint density at radius 2 is 2.12 bits per heavy atom. The fourth-order valence-electron chi connectivity index (χ4n) is 3.45. The summed E-state index contributed by atoms with van der Waals surface area (Å²) < 4.78 is 6.13. The van der Waals surface area contributed by atoms with Gasteiger partial charge in [-0.05, 0) is 37.0 Å². The Morgan fingerprint density at radius 3 is 2.85 bits per heavy atom. The molecule has 1 aromatic carbocycles. The second-order valence-corrected chi connectivity index (χ2v) is 7.49. The van der Waals surface area contributed by atoms with Crippen molar-refractivity contribution in [3.05, 3.63) is 35.9 Å². The Labute approximate surface area is 160 Å². The van der Waals surface area contributed by atoms with Crippen molar-refractivity contribution in [1.29, 1.82) is 0 Å². The van der Waals surface area contributed by atoms with Gasteiger partial charge >= 0.3 is 0 Å². The number of amides is 1. The van der Waals surface area contributed by atoms with Gasteiger partial charge in [0.15, 0.2) is 0 Å². The molecule has 26 heavy (non-hydrogen) atoms. The van der Waals surface area contributed by atoms with Crippen LogP contribution in [-0.4, -0.2) is 40.2 Å². The molecule has 2 N–H and O–H groups in total. The Kier molecular flexibility index (Phi) is 6.38. The maximum Gasteiger partial charge on any atom is 0.235 e. The molecular weight excluding hydrogens is 346 g/mol. The maximum atomic E-state index is 12.3. The molecule has 1 aliphatic rings. The number of aromatic nitrogens is 1. The van der Waals surface area contributed by atoms with E-state index in [1.165, 1.54) is 0 Å². The van der Waals surface area contributed by atoms with Gasteiger partial charge in [0.1, 0.15) is 5.82 Å². The van der Waals surface area contributed by atoms with Gasteiger partial charge in [0.05, 0.1) is 23.5 Å². The van der Waals surface area contributed by atoms with Crippen LogP contribution in [0.15, 0.2) is 30.3 Å². The number of thiol groups is 1. The Hall–Kier alpha value is -1.79. The summed E-state index contributed by atoms with van der Waals surface area (Å²) >= 11 is 4.43. The topological polar surface area (TPSA) is 68.5 Å². The van der Waals surface area contributed by atoms with Crippen molar-refractivity contribution in [3.63, 3.8) is 0 Å². The number of nitrogens with two attached hydrogens (primary N) is 1. The normalized spacial score (nSPS) is 16.8. The summed E-state index contributed by atoms with van der Waals surface area (Å²) in [5.41, 5.74) is 7.87. The first kappa shape index (κ1) is 19.0. The van der Waals surface area contributed by atoms with Gasteiger partial charge in [0.25, 0.3) is 0 Å². The lowest BCUT2D eigenvalue weighted by atomic mass is 10.1. The number of ether oxygens (including phenoxy) is 1. The molecule has 0 radical (unpaired) electrons. The Morgan fingerprint density at radius 1 is 1.38 bits per heavy atom. The fourth-order valence-corrected chi connectivity index (χ4v) is 3.87. The number of hydrogen-bond donors (Lipinski definition) is 2. The average Bonchev–Trinajstić information content (AvgIpc) is 2.66. The number of likely N-dealkylation sites (tertiary alicyclic amines) is 1. The third-order valence-electron chi connectivity index (χ3n) is 4.90. The monoisotopic (exact) mass is 373 g/mol. The van der Waals surface area contributed by atoms with Crippen LogP contribution in [0.5, 0.6) is 0 Å². The van der Waals surface area contributed by atoms with E-state index in [2.05, 4.69) is 24.5 Å². The van der Waals surface area contributed by atoms with E-state index in [-0.39, 0.29) is 17.3 Å². The Balaban J connectivity index is 1.55. The number of benzene rings is 1.